The molecule has 7 heteroatoms. The van der Waals surface area contributed by atoms with E-state index in [1.54, 1.807) is 24.3 Å². The number of nitrogens with zero attached hydrogens (tertiary/aromatic N) is 2. The van der Waals surface area contributed by atoms with E-state index in [1.807, 2.05) is 13.0 Å². The van der Waals surface area contributed by atoms with Crippen LogP contribution < -0.4 is 10.6 Å². The summed E-state index contributed by atoms with van der Waals surface area (Å²) < 4.78 is 25.0. The predicted molar refractivity (Wildman–Crippen MR) is 127 cm³/mol. The third-order valence-electron chi connectivity index (χ3n) is 5.66. The minimum absolute atomic E-state index is 0.000486. The van der Waals surface area contributed by atoms with E-state index in [0.29, 0.717) is 22.9 Å². The van der Waals surface area contributed by atoms with Crippen LogP contribution in [0.15, 0.2) is 70.6 Å². The molecule has 0 aliphatic carbocycles. The Morgan fingerprint density at radius 2 is 1.77 bits per heavy atom. The number of nitrogens with one attached hydrogen (secondary N) is 2. The molecule has 2 atom stereocenters. The first-order chi connectivity index (χ1) is 15.0. The number of aliphatic imine (C=N–C) groups is 1. The Labute approximate surface area is 186 Å². The molecule has 1 heterocycles. The first-order valence-electron chi connectivity index (χ1n) is 11.1. The molecule has 2 N–H and O–H groups in total. The van der Waals surface area contributed by atoms with E-state index in [4.69, 9.17) is 0 Å². The van der Waals surface area contributed by atoms with Crippen molar-refractivity contribution in [2.45, 2.75) is 50.2 Å². The average molecular weight is 443 g/mol. The molecule has 2 aromatic rings. The van der Waals surface area contributed by atoms with E-state index in [9.17, 15) is 8.42 Å². The van der Waals surface area contributed by atoms with Gasteiger partial charge in [0.2, 0.25) is 0 Å². The molecule has 1 aliphatic rings. The van der Waals surface area contributed by atoms with Crippen LogP contribution in [0.5, 0.6) is 0 Å². The summed E-state index contributed by atoms with van der Waals surface area (Å²) in [6.45, 7) is 7.25. The summed E-state index contributed by atoms with van der Waals surface area (Å²) in [6.07, 6.45) is 2.06. The van der Waals surface area contributed by atoms with Gasteiger partial charge in [0, 0.05) is 31.7 Å². The van der Waals surface area contributed by atoms with Gasteiger partial charge in [-0.25, -0.2) is 8.42 Å². The van der Waals surface area contributed by atoms with Crippen LogP contribution in [0.4, 0.5) is 0 Å². The molecule has 2 unspecified atom stereocenters. The van der Waals surface area contributed by atoms with Crippen molar-refractivity contribution in [3.63, 3.8) is 0 Å². The van der Waals surface area contributed by atoms with Crippen LogP contribution in [0.2, 0.25) is 0 Å². The largest absolute Gasteiger partial charge is 0.357 e. The van der Waals surface area contributed by atoms with E-state index in [0.717, 1.165) is 32.5 Å². The minimum Gasteiger partial charge on any atom is -0.357 e. The van der Waals surface area contributed by atoms with Gasteiger partial charge in [-0.15, -0.1) is 0 Å². The smallest absolute Gasteiger partial charge is 0.191 e. The molecule has 31 heavy (non-hydrogen) atoms. The van der Waals surface area contributed by atoms with Crippen LogP contribution in [-0.2, 0) is 16.4 Å². The maximum Gasteiger partial charge on any atom is 0.191 e. The molecule has 2 aromatic carbocycles. The lowest BCUT2D eigenvalue weighted by atomic mass is 9.97. The highest BCUT2D eigenvalue weighted by atomic mass is 32.2. The van der Waals surface area contributed by atoms with Gasteiger partial charge >= 0.3 is 0 Å². The van der Waals surface area contributed by atoms with E-state index < -0.39 is 9.84 Å². The fourth-order valence-electron chi connectivity index (χ4n) is 3.94. The Morgan fingerprint density at radius 1 is 1.10 bits per heavy atom. The molecule has 1 fully saturated rings. The molecule has 0 aromatic heterocycles. The van der Waals surface area contributed by atoms with Crippen LogP contribution in [0.3, 0.4) is 0 Å². The van der Waals surface area contributed by atoms with Gasteiger partial charge in [0.1, 0.15) is 0 Å². The van der Waals surface area contributed by atoms with Crippen LogP contribution in [0.25, 0.3) is 0 Å². The second-order valence-corrected chi connectivity index (χ2v) is 10.2. The summed E-state index contributed by atoms with van der Waals surface area (Å²) in [5, 5.41) is 6.77. The number of hydrogen-bond acceptors (Lipinski definition) is 4. The van der Waals surface area contributed by atoms with Gasteiger partial charge in [-0.1, -0.05) is 48.5 Å². The van der Waals surface area contributed by atoms with Gasteiger partial charge in [0.05, 0.1) is 17.2 Å². The number of benzene rings is 2. The van der Waals surface area contributed by atoms with Crippen molar-refractivity contribution in [3.05, 3.63) is 66.2 Å². The van der Waals surface area contributed by atoms with Crippen molar-refractivity contribution in [1.82, 2.24) is 15.5 Å². The second-order valence-electron chi connectivity index (χ2n) is 8.06. The zero-order chi connectivity index (χ0) is 22.1. The third-order valence-corrected chi connectivity index (χ3v) is 7.37. The summed E-state index contributed by atoms with van der Waals surface area (Å²) in [4.78, 5) is 7.40. The van der Waals surface area contributed by atoms with E-state index >= 15 is 0 Å². The predicted octanol–water partition coefficient (Wildman–Crippen LogP) is 3.07. The van der Waals surface area contributed by atoms with Crippen molar-refractivity contribution in [1.29, 1.82) is 0 Å². The quantitative estimate of drug-likeness (QED) is 0.486. The van der Waals surface area contributed by atoms with Crippen molar-refractivity contribution >= 4 is 15.8 Å². The molecule has 3 rings (SSSR count). The van der Waals surface area contributed by atoms with Crippen molar-refractivity contribution in [2.75, 3.05) is 25.4 Å². The van der Waals surface area contributed by atoms with Gasteiger partial charge in [0.25, 0.3) is 0 Å². The summed E-state index contributed by atoms with van der Waals surface area (Å²) in [5.74, 6) is 0.693. The van der Waals surface area contributed by atoms with Crippen LogP contribution in [-0.4, -0.2) is 56.7 Å². The van der Waals surface area contributed by atoms with Gasteiger partial charge in [-0.05, 0) is 44.4 Å². The summed E-state index contributed by atoms with van der Waals surface area (Å²) >= 11 is 0. The molecule has 0 saturated carbocycles. The highest BCUT2D eigenvalue weighted by Gasteiger charge is 2.26. The van der Waals surface area contributed by atoms with Gasteiger partial charge in [-0.3, -0.25) is 9.89 Å². The van der Waals surface area contributed by atoms with E-state index in [1.165, 1.54) is 5.56 Å². The Kier molecular flexibility index (Phi) is 8.49. The number of piperidine rings is 1. The topological polar surface area (TPSA) is 73.8 Å². The Hall–Kier alpha value is -2.38. The summed E-state index contributed by atoms with van der Waals surface area (Å²) in [6, 6.07) is 19.9. The molecule has 1 aliphatic heterocycles. The summed E-state index contributed by atoms with van der Waals surface area (Å²) in [5.41, 5.74) is 1.34. The Balaban J connectivity index is 1.53. The normalized spacial score (nSPS) is 20.4. The maximum atomic E-state index is 12.5. The lowest BCUT2D eigenvalue weighted by molar-refractivity contribution is 0.134. The molecule has 1 saturated heterocycles. The van der Waals surface area contributed by atoms with Crippen molar-refractivity contribution in [3.8, 4) is 0 Å². The van der Waals surface area contributed by atoms with E-state index in [-0.39, 0.29) is 12.3 Å². The summed E-state index contributed by atoms with van der Waals surface area (Å²) in [7, 11) is -3.32. The monoisotopic (exact) mass is 442 g/mol. The number of rotatable bonds is 8. The van der Waals surface area contributed by atoms with Crippen molar-refractivity contribution in [2.24, 2.45) is 4.99 Å². The standard InChI is InChI=1S/C24H34N4O2S/c1-3-25-24(26-15-17-31(29,30)23-12-8-5-9-13-23)27-22-14-16-28(20(2)18-22)19-21-10-6-4-7-11-21/h4-13,20,22H,3,14-19H2,1-2H3,(H2,25,26,27). The number of guanidine groups is 1. The molecule has 0 radical (unpaired) electrons. The first-order valence-corrected chi connectivity index (χ1v) is 12.7. The van der Waals surface area contributed by atoms with Crippen molar-refractivity contribution < 1.29 is 8.42 Å². The van der Waals surface area contributed by atoms with Gasteiger partial charge in [0.15, 0.2) is 15.8 Å². The lowest BCUT2D eigenvalue weighted by Crippen LogP contribution is -2.51. The molecule has 6 nitrogen and oxygen atoms in total. The maximum absolute atomic E-state index is 12.5. The Morgan fingerprint density at radius 3 is 2.42 bits per heavy atom. The van der Waals surface area contributed by atoms with Gasteiger partial charge < -0.3 is 10.6 Å². The van der Waals surface area contributed by atoms with Crippen LogP contribution >= 0.6 is 0 Å². The molecule has 0 amide bonds. The second kappa shape index (κ2) is 11.3. The zero-order valence-corrected chi connectivity index (χ0v) is 19.3. The number of likely N-dealkylation sites (tertiary alicyclic amines) is 1. The fraction of sp³-hybridized carbons (Fsp3) is 0.458. The lowest BCUT2D eigenvalue weighted by Gasteiger charge is -2.38. The van der Waals surface area contributed by atoms with E-state index in [2.05, 4.69) is 57.8 Å². The average Bonchev–Trinajstić information content (AvgIpc) is 2.77. The minimum atomic E-state index is -3.32. The highest BCUT2D eigenvalue weighted by molar-refractivity contribution is 7.91. The van der Waals surface area contributed by atoms with Crippen LogP contribution in [0, 0.1) is 0 Å². The van der Waals surface area contributed by atoms with Gasteiger partial charge in [-0.2, -0.15) is 0 Å². The fourth-order valence-corrected chi connectivity index (χ4v) is 5.08. The zero-order valence-electron chi connectivity index (χ0n) is 18.5. The highest BCUT2D eigenvalue weighted by Crippen LogP contribution is 2.20. The third kappa shape index (κ3) is 7.08. The SMILES string of the molecule is CCNC(=NCCS(=O)(=O)c1ccccc1)NC1CCN(Cc2ccccc2)C(C)C1. The number of hydrogen-bond donors (Lipinski definition) is 2. The molecular formula is C24H34N4O2S. The molecular weight excluding hydrogens is 408 g/mol. The molecule has 168 valence electrons. The van der Waals surface area contributed by atoms with Crippen LogP contribution in [0.1, 0.15) is 32.3 Å². The Bertz CT molecular complexity index is 933. The molecule has 0 bridgehead atoms. The molecule has 0 spiro atoms. The first kappa shape index (κ1) is 23.3. The number of sulfone groups is 1.